The maximum Gasteiger partial charge on any atom is 0.244 e. The van der Waals surface area contributed by atoms with E-state index >= 15 is 0 Å². The first kappa shape index (κ1) is 31.1. The molecule has 0 fully saturated rings. The lowest BCUT2D eigenvalue weighted by atomic mass is 9.78. The van der Waals surface area contributed by atoms with Crippen molar-refractivity contribution in [3.63, 3.8) is 0 Å². The van der Waals surface area contributed by atoms with E-state index in [9.17, 15) is 15.0 Å². The second-order valence-corrected chi connectivity index (χ2v) is 11.9. The molecule has 1 amide bonds. The number of nitrogens with one attached hydrogen (secondary N) is 1. The molecule has 0 saturated heterocycles. The van der Waals surface area contributed by atoms with Crippen LogP contribution in [0.5, 0.6) is 23.0 Å². The summed E-state index contributed by atoms with van der Waals surface area (Å²) in [5.74, 6) is 0.751. The zero-order valence-electron chi connectivity index (χ0n) is 24.5. The number of phenolic OH excluding ortho intramolecular Hbond substituents is 2. The third-order valence-electron chi connectivity index (χ3n) is 6.25. The zero-order valence-corrected chi connectivity index (χ0v) is 24.5. The SMILES string of the molecule is CCCCOc1cc(/C=C/C(=O)NCc2cc(C(C)(C)C)c(O)c(C(C)(C)C)c2)cc(OCCCC)c1O. The summed E-state index contributed by atoms with van der Waals surface area (Å²) in [6, 6.07) is 7.36. The molecule has 0 heterocycles. The molecule has 0 unspecified atom stereocenters. The van der Waals surface area contributed by atoms with Crippen LogP contribution in [0.4, 0.5) is 0 Å². The van der Waals surface area contributed by atoms with Crippen LogP contribution >= 0.6 is 0 Å². The lowest BCUT2D eigenvalue weighted by molar-refractivity contribution is -0.116. The first-order valence-corrected chi connectivity index (χ1v) is 13.7. The smallest absolute Gasteiger partial charge is 0.244 e. The van der Waals surface area contributed by atoms with Crippen LogP contribution in [-0.2, 0) is 22.2 Å². The van der Waals surface area contributed by atoms with Crippen LogP contribution < -0.4 is 14.8 Å². The fourth-order valence-electron chi connectivity index (χ4n) is 3.93. The van der Waals surface area contributed by atoms with Crippen molar-refractivity contribution < 1.29 is 24.5 Å². The van der Waals surface area contributed by atoms with E-state index < -0.39 is 0 Å². The first-order valence-electron chi connectivity index (χ1n) is 13.7. The molecular formula is C32H47NO5. The van der Waals surface area contributed by atoms with Crippen molar-refractivity contribution in [3.05, 3.63) is 52.6 Å². The minimum absolute atomic E-state index is 0.0181. The molecule has 0 aliphatic carbocycles. The van der Waals surface area contributed by atoms with E-state index in [0.29, 0.717) is 42.6 Å². The van der Waals surface area contributed by atoms with Crippen molar-refractivity contribution >= 4 is 12.0 Å². The number of ether oxygens (including phenoxy) is 2. The second-order valence-electron chi connectivity index (χ2n) is 11.9. The molecule has 0 aliphatic rings. The Hall–Kier alpha value is -3.15. The average molecular weight is 526 g/mol. The molecule has 0 radical (unpaired) electrons. The van der Waals surface area contributed by atoms with Crippen LogP contribution in [0.25, 0.3) is 6.08 Å². The van der Waals surface area contributed by atoms with Gasteiger partial charge in [-0.15, -0.1) is 0 Å². The summed E-state index contributed by atoms with van der Waals surface area (Å²) in [7, 11) is 0. The van der Waals surface area contributed by atoms with Gasteiger partial charge in [0.1, 0.15) is 5.75 Å². The van der Waals surface area contributed by atoms with E-state index in [4.69, 9.17) is 9.47 Å². The van der Waals surface area contributed by atoms with E-state index in [1.165, 1.54) is 6.08 Å². The van der Waals surface area contributed by atoms with Gasteiger partial charge in [0, 0.05) is 12.6 Å². The largest absolute Gasteiger partial charge is 0.507 e. The molecule has 38 heavy (non-hydrogen) atoms. The summed E-state index contributed by atoms with van der Waals surface area (Å²) in [5, 5.41) is 24.5. The van der Waals surface area contributed by atoms with Gasteiger partial charge in [0.05, 0.1) is 13.2 Å². The first-order chi connectivity index (χ1) is 17.8. The molecule has 0 atom stereocenters. The number of aromatic hydroxyl groups is 2. The Balaban J connectivity index is 2.23. The fraction of sp³-hybridized carbons (Fsp3) is 0.531. The number of benzene rings is 2. The van der Waals surface area contributed by atoms with Gasteiger partial charge in [0.25, 0.3) is 0 Å². The highest BCUT2D eigenvalue weighted by Crippen LogP contribution is 2.40. The molecule has 0 aromatic heterocycles. The number of carbonyl (C=O) groups is 1. The molecule has 2 aromatic rings. The predicted octanol–water partition coefficient (Wildman–Crippen LogP) is 7.38. The van der Waals surface area contributed by atoms with E-state index in [1.807, 2.05) is 12.1 Å². The van der Waals surface area contributed by atoms with Crippen LogP contribution in [0.1, 0.15) is 103 Å². The standard InChI is InChI=1S/C32H47NO5/c1-9-11-15-37-26-19-22(20-27(30(26)36)38-16-12-10-2)13-14-28(34)33-21-23-17-24(31(3,4)5)29(35)25(18-23)32(6,7)8/h13-14,17-20,35-36H,9-12,15-16,21H2,1-8H3,(H,33,34)/b14-13+. The van der Waals surface area contributed by atoms with Gasteiger partial charge in [-0.25, -0.2) is 0 Å². The molecule has 0 saturated carbocycles. The van der Waals surface area contributed by atoms with Crippen molar-refractivity contribution in [1.82, 2.24) is 5.32 Å². The average Bonchev–Trinajstić information content (AvgIpc) is 2.83. The monoisotopic (exact) mass is 525 g/mol. The Kier molecular flexibility index (Phi) is 11.1. The van der Waals surface area contributed by atoms with Gasteiger partial charge in [-0.3, -0.25) is 4.79 Å². The minimum Gasteiger partial charge on any atom is -0.507 e. The third-order valence-corrected chi connectivity index (χ3v) is 6.25. The highest BCUT2D eigenvalue weighted by atomic mass is 16.5. The van der Waals surface area contributed by atoms with Gasteiger partial charge in [-0.1, -0.05) is 68.2 Å². The molecule has 2 aromatic carbocycles. The van der Waals surface area contributed by atoms with Crippen molar-refractivity contribution in [1.29, 1.82) is 0 Å². The number of hydrogen-bond acceptors (Lipinski definition) is 5. The maximum absolute atomic E-state index is 12.7. The maximum atomic E-state index is 12.7. The molecule has 0 spiro atoms. The highest BCUT2D eigenvalue weighted by molar-refractivity contribution is 5.91. The lowest BCUT2D eigenvalue weighted by Gasteiger charge is -2.28. The molecule has 2 rings (SSSR count). The van der Waals surface area contributed by atoms with Gasteiger partial charge in [0.15, 0.2) is 11.5 Å². The van der Waals surface area contributed by atoms with Crippen LogP contribution in [-0.4, -0.2) is 29.3 Å². The fourth-order valence-corrected chi connectivity index (χ4v) is 3.93. The number of hydrogen-bond donors (Lipinski definition) is 3. The predicted molar refractivity (Wildman–Crippen MR) is 155 cm³/mol. The van der Waals surface area contributed by atoms with Crippen LogP contribution in [0.15, 0.2) is 30.3 Å². The molecular weight excluding hydrogens is 478 g/mol. The van der Waals surface area contributed by atoms with Gasteiger partial charge >= 0.3 is 0 Å². The Morgan fingerprint density at radius 1 is 0.816 bits per heavy atom. The van der Waals surface area contributed by atoms with Gasteiger partial charge in [-0.2, -0.15) is 0 Å². The number of rotatable bonds is 12. The Morgan fingerprint density at radius 2 is 1.29 bits per heavy atom. The van der Waals surface area contributed by atoms with E-state index in [0.717, 1.165) is 42.4 Å². The lowest BCUT2D eigenvalue weighted by Crippen LogP contribution is -2.22. The summed E-state index contributed by atoms with van der Waals surface area (Å²) in [4.78, 5) is 12.7. The number of unbranched alkanes of at least 4 members (excludes halogenated alkanes) is 2. The number of amides is 1. The molecule has 210 valence electrons. The van der Waals surface area contributed by atoms with Gasteiger partial charge in [-0.05, 0) is 76.3 Å². The summed E-state index contributed by atoms with van der Waals surface area (Å²) < 4.78 is 11.6. The van der Waals surface area contributed by atoms with Gasteiger partial charge < -0.3 is 25.0 Å². The van der Waals surface area contributed by atoms with Crippen molar-refractivity contribution in [2.75, 3.05) is 13.2 Å². The normalized spacial score (nSPS) is 12.1. The minimum atomic E-state index is -0.248. The Morgan fingerprint density at radius 3 is 1.71 bits per heavy atom. The van der Waals surface area contributed by atoms with Crippen LogP contribution in [0.2, 0.25) is 0 Å². The van der Waals surface area contributed by atoms with E-state index in [-0.39, 0.29) is 22.5 Å². The van der Waals surface area contributed by atoms with E-state index in [1.54, 1.807) is 18.2 Å². The summed E-state index contributed by atoms with van der Waals surface area (Å²) in [6.07, 6.45) is 6.86. The molecule has 6 heteroatoms. The van der Waals surface area contributed by atoms with Crippen molar-refractivity contribution in [3.8, 4) is 23.0 Å². The highest BCUT2D eigenvalue weighted by Gasteiger charge is 2.26. The summed E-state index contributed by atoms with van der Waals surface area (Å²) in [5.41, 5.74) is 2.88. The third kappa shape index (κ3) is 9.00. The molecule has 0 aliphatic heterocycles. The Bertz CT molecular complexity index is 1040. The summed E-state index contributed by atoms with van der Waals surface area (Å²) >= 11 is 0. The van der Waals surface area contributed by atoms with Crippen molar-refractivity contribution in [2.45, 2.75) is 98.4 Å². The quantitative estimate of drug-likeness (QED) is 0.199. The van der Waals surface area contributed by atoms with E-state index in [2.05, 4.69) is 60.7 Å². The Labute approximate surface area is 229 Å². The van der Waals surface area contributed by atoms with Crippen LogP contribution in [0.3, 0.4) is 0 Å². The van der Waals surface area contributed by atoms with Crippen LogP contribution in [0, 0.1) is 0 Å². The second kappa shape index (κ2) is 13.6. The summed E-state index contributed by atoms with van der Waals surface area (Å²) in [6.45, 7) is 17.9. The molecule has 0 bridgehead atoms. The van der Waals surface area contributed by atoms with Crippen molar-refractivity contribution in [2.24, 2.45) is 0 Å². The topological polar surface area (TPSA) is 88.0 Å². The number of phenols is 2. The molecule has 6 nitrogen and oxygen atoms in total. The molecule has 3 N–H and O–H groups in total. The zero-order chi connectivity index (χ0) is 28.5. The number of carbonyl (C=O) groups excluding carboxylic acids is 1. The van der Waals surface area contributed by atoms with Gasteiger partial charge in [0.2, 0.25) is 11.7 Å².